The summed E-state index contributed by atoms with van der Waals surface area (Å²) in [5.74, 6) is 0.764. The van der Waals surface area contributed by atoms with Gasteiger partial charge in [-0.3, -0.25) is 4.79 Å². The van der Waals surface area contributed by atoms with Gasteiger partial charge in [0.2, 0.25) is 11.8 Å². The smallest absolute Gasteiger partial charge is 0.223 e. The molecule has 2 N–H and O–H groups in total. The summed E-state index contributed by atoms with van der Waals surface area (Å²) in [5, 5.41) is 17.9. The van der Waals surface area contributed by atoms with Crippen LogP contribution in [0.4, 0.5) is 0 Å². The number of aryl methyl sites for hydroxylation is 1. The number of carbonyl (C=O) groups excluding carboxylic acids is 1. The van der Waals surface area contributed by atoms with Crippen LogP contribution < -0.4 is 5.32 Å². The van der Waals surface area contributed by atoms with Crippen molar-refractivity contribution in [3.8, 4) is 0 Å². The molecule has 3 rings (SSSR count). The van der Waals surface area contributed by atoms with E-state index >= 15 is 0 Å². The number of benzene rings is 1. The number of nitrogens with one attached hydrogen (secondary N) is 1. The van der Waals surface area contributed by atoms with E-state index < -0.39 is 11.6 Å². The van der Waals surface area contributed by atoms with Crippen LogP contribution in [0.3, 0.4) is 0 Å². The minimum atomic E-state index is -0.882. The Labute approximate surface area is 145 Å². The Bertz CT molecular complexity index is 708. The summed E-state index contributed by atoms with van der Waals surface area (Å²) in [6, 6.07) is 6.82. The highest BCUT2D eigenvalue weighted by Crippen LogP contribution is 2.37. The van der Waals surface area contributed by atoms with Crippen molar-refractivity contribution >= 4 is 17.5 Å². The van der Waals surface area contributed by atoms with Crippen molar-refractivity contribution in [2.75, 3.05) is 0 Å². The molecule has 1 aromatic heterocycles. The molecular formula is C17H20ClN3O3. The van der Waals surface area contributed by atoms with Gasteiger partial charge in [-0.1, -0.05) is 41.7 Å². The third-order valence-corrected chi connectivity index (χ3v) is 4.68. The van der Waals surface area contributed by atoms with Gasteiger partial charge in [-0.2, -0.15) is 4.98 Å². The molecule has 1 aliphatic rings. The molecule has 24 heavy (non-hydrogen) atoms. The second-order valence-corrected chi connectivity index (χ2v) is 6.68. The number of hydrogen-bond donors (Lipinski definition) is 2. The number of hydrogen-bond acceptors (Lipinski definition) is 5. The molecule has 1 saturated carbocycles. The molecular weight excluding hydrogens is 330 g/mol. The van der Waals surface area contributed by atoms with Gasteiger partial charge in [-0.05, 0) is 30.5 Å². The Hall–Kier alpha value is -1.92. The van der Waals surface area contributed by atoms with Crippen LogP contribution >= 0.6 is 11.6 Å². The van der Waals surface area contributed by atoms with Crippen molar-refractivity contribution < 1.29 is 14.4 Å². The number of halogens is 1. The minimum absolute atomic E-state index is 0.0276. The molecule has 2 aromatic rings. The van der Waals surface area contributed by atoms with Gasteiger partial charge in [0.15, 0.2) is 5.82 Å². The molecule has 1 aliphatic carbocycles. The van der Waals surface area contributed by atoms with E-state index in [0.29, 0.717) is 22.3 Å². The van der Waals surface area contributed by atoms with Crippen LogP contribution in [0.2, 0.25) is 5.02 Å². The highest BCUT2D eigenvalue weighted by molar-refractivity contribution is 6.30. The van der Waals surface area contributed by atoms with Gasteiger partial charge >= 0.3 is 0 Å². The first-order chi connectivity index (χ1) is 11.5. The Kier molecular flexibility index (Phi) is 4.87. The van der Waals surface area contributed by atoms with Crippen molar-refractivity contribution in [1.82, 2.24) is 15.5 Å². The van der Waals surface area contributed by atoms with E-state index in [2.05, 4.69) is 15.5 Å². The fourth-order valence-electron chi connectivity index (χ4n) is 3.17. The summed E-state index contributed by atoms with van der Waals surface area (Å²) < 4.78 is 5.07. The Morgan fingerprint density at radius 3 is 2.62 bits per heavy atom. The standard InChI is InChI=1S/C17H20ClN3O3/c1-11-19-16(21-24-11)17(8-2-3-9-17)20-15(23)10-14(22)12-4-6-13(18)7-5-12/h4-7,14,22H,2-3,8-10H2,1H3,(H,20,23). The molecule has 1 unspecified atom stereocenters. The molecule has 0 spiro atoms. The number of amides is 1. The first-order valence-electron chi connectivity index (χ1n) is 8.04. The fraction of sp³-hybridized carbons (Fsp3) is 0.471. The van der Waals surface area contributed by atoms with Crippen molar-refractivity contribution in [1.29, 1.82) is 0 Å². The number of aromatic nitrogens is 2. The van der Waals surface area contributed by atoms with Gasteiger partial charge in [0.05, 0.1) is 12.5 Å². The van der Waals surface area contributed by atoms with Gasteiger partial charge in [-0.15, -0.1) is 0 Å². The van der Waals surface area contributed by atoms with Crippen LogP contribution in [0.25, 0.3) is 0 Å². The van der Waals surface area contributed by atoms with Crippen molar-refractivity contribution in [2.45, 2.75) is 50.7 Å². The predicted molar refractivity (Wildman–Crippen MR) is 88.4 cm³/mol. The van der Waals surface area contributed by atoms with E-state index in [9.17, 15) is 9.90 Å². The first kappa shape index (κ1) is 16.9. The molecule has 1 amide bonds. The molecule has 1 fully saturated rings. The number of carbonyl (C=O) groups is 1. The van der Waals surface area contributed by atoms with Crippen molar-refractivity contribution in [3.05, 3.63) is 46.6 Å². The number of aliphatic hydroxyl groups is 1. The van der Waals surface area contributed by atoms with Gasteiger partial charge in [0, 0.05) is 11.9 Å². The monoisotopic (exact) mass is 349 g/mol. The molecule has 0 bridgehead atoms. The lowest BCUT2D eigenvalue weighted by Crippen LogP contribution is -2.45. The topological polar surface area (TPSA) is 88.2 Å². The highest BCUT2D eigenvalue weighted by Gasteiger charge is 2.41. The van der Waals surface area contributed by atoms with Crippen LogP contribution in [0.15, 0.2) is 28.8 Å². The molecule has 0 radical (unpaired) electrons. The predicted octanol–water partition coefficient (Wildman–Crippen LogP) is 3.04. The average Bonchev–Trinajstić information content (AvgIpc) is 3.17. The SMILES string of the molecule is Cc1nc(C2(NC(=O)CC(O)c3ccc(Cl)cc3)CCCC2)no1. The lowest BCUT2D eigenvalue weighted by molar-refractivity contribution is -0.125. The van der Waals surface area contributed by atoms with Crippen LogP contribution in [0, 0.1) is 6.92 Å². The maximum Gasteiger partial charge on any atom is 0.223 e. The Balaban J connectivity index is 1.69. The normalized spacial score (nSPS) is 17.6. The first-order valence-corrected chi connectivity index (χ1v) is 8.42. The summed E-state index contributed by atoms with van der Waals surface area (Å²) in [4.78, 5) is 16.7. The second-order valence-electron chi connectivity index (χ2n) is 6.25. The summed E-state index contributed by atoms with van der Waals surface area (Å²) >= 11 is 5.84. The second kappa shape index (κ2) is 6.91. The molecule has 128 valence electrons. The van der Waals surface area contributed by atoms with Crippen LogP contribution in [0.5, 0.6) is 0 Å². The van der Waals surface area contributed by atoms with Crippen LogP contribution in [-0.4, -0.2) is 21.2 Å². The van der Waals surface area contributed by atoms with E-state index in [1.54, 1.807) is 31.2 Å². The Morgan fingerprint density at radius 1 is 1.38 bits per heavy atom. The van der Waals surface area contributed by atoms with E-state index in [-0.39, 0.29) is 12.3 Å². The lowest BCUT2D eigenvalue weighted by atomic mass is 9.95. The van der Waals surface area contributed by atoms with E-state index in [1.807, 2.05) is 0 Å². The summed E-state index contributed by atoms with van der Waals surface area (Å²) in [6.07, 6.45) is 2.62. The number of nitrogens with zero attached hydrogens (tertiary/aromatic N) is 2. The number of rotatable bonds is 5. The zero-order valence-electron chi connectivity index (χ0n) is 13.5. The lowest BCUT2D eigenvalue weighted by Gasteiger charge is -2.27. The third-order valence-electron chi connectivity index (χ3n) is 4.42. The molecule has 7 heteroatoms. The quantitative estimate of drug-likeness (QED) is 0.866. The van der Waals surface area contributed by atoms with Gasteiger partial charge in [0.25, 0.3) is 0 Å². The Morgan fingerprint density at radius 2 is 2.04 bits per heavy atom. The molecule has 1 heterocycles. The maximum absolute atomic E-state index is 12.5. The van der Waals surface area contributed by atoms with Crippen molar-refractivity contribution in [3.63, 3.8) is 0 Å². The molecule has 1 atom stereocenters. The third kappa shape index (κ3) is 3.60. The van der Waals surface area contributed by atoms with Crippen LogP contribution in [-0.2, 0) is 10.3 Å². The van der Waals surface area contributed by atoms with Crippen LogP contribution in [0.1, 0.15) is 55.5 Å². The maximum atomic E-state index is 12.5. The van der Waals surface area contributed by atoms with Gasteiger partial charge < -0.3 is 14.9 Å². The highest BCUT2D eigenvalue weighted by atomic mass is 35.5. The fourth-order valence-corrected chi connectivity index (χ4v) is 3.30. The van der Waals surface area contributed by atoms with E-state index in [4.69, 9.17) is 16.1 Å². The molecule has 0 saturated heterocycles. The zero-order chi connectivity index (χ0) is 17.2. The average molecular weight is 350 g/mol. The zero-order valence-corrected chi connectivity index (χ0v) is 14.2. The minimum Gasteiger partial charge on any atom is -0.388 e. The molecule has 0 aliphatic heterocycles. The van der Waals surface area contributed by atoms with E-state index in [1.165, 1.54) is 0 Å². The van der Waals surface area contributed by atoms with Gasteiger partial charge in [0.1, 0.15) is 5.54 Å². The molecule has 6 nitrogen and oxygen atoms in total. The molecule has 1 aromatic carbocycles. The summed E-state index contributed by atoms with van der Waals surface area (Å²) in [7, 11) is 0. The van der Waals surface area contributed by atoms with E-state index in [0.717, 1.165) is 25.7 Å². The summed E-state index contributed by atoms with van der Waals surface area (Å²) in [5.41, 5.74) is 0.0691. The summed E-state index contributed by atoms with van der Waals surface area (Å²) in [6.45, 7) is 1.73. The van der Waals surface area contributed by atoms with Crippen molar-refractivity contribution in [2.24, 2.45) is 0 Å². The largest absolute Gasteiger partial charge is 0.388 e. The number of aliphatic hydroxyl groups excluding tert-OH is 1. The van der Waals surface area contributed by atoms with Gasteiger partial charge in [-0.25, -0.2) is 0 Å².